The third kappa shape index (κ3) is 3.08. The van der Waals surface area contributed by atoms with Gasteiger partial charge in [-0.3, -0.25) is 9.59 Å². The Labute approximate surface area is 158 Å². The molecule has 8 heteroatoms. The molecular weight excluding hydrogens is 372 g/mol. The lowest BCUT2D eigenvalue weighted by atomic mass is 10.1. The molecule has 2 heterocycles. The third-order valence-corrected chi connectivity index (χ3v) is 6.17. The van der Waals surface area contributed by atoms with Crippen molar-refractivity contribution in [2.24, 2.45) is 5.92 Å². The second-order valence-corrected chi connectivity index (χ2v) is 7.77. The first-order valence-corrected chi connectivity index (χ1v) is 9.40. The Balaban J connectivity index is 1.51. The van der Waals surface area contributed by atoms with Crippen molar-refractivity contribution in [3.8, 4) is 6.07 Å². The number of thiophene rings is 1. The molecule has 0 bridgehead atoms. The van der Waals surface area contributed by atoms with Crippen LogP contribution in [0, 0.1) is 28.9 Å². The minimum absolute atomic E-state index is 0.0141. The molecule has 0 unspecified atom stereocenters. The van der Waals surface area contributed by atoms with Crippen molar-refractivity contribution < 1.29 is 18.4 Å². The molecule has 2 aromatic rings. The van der Waals surface area contributed by atoms with Gasteiger partial charge in [-0.2, -0.15) is 5.26 Å². The summed E-state index contributed by atoms with van der Waals surface area (Å²) in [5, 5.41) is 12.7. The predicted molar refractivity (Wildman–Crippen MR) is 96.5 cm³/mol. The van der Waals surface area contributed by atoms with E-state index in [-0.39, 0.29) is 24.6 Å². The molecule has 0 saturated carbocycles. The fourth-order valence-corrected chi connectivity index (χ4v) is 4.88. The molecule has 27 heavy (non-hydrogen) atoms. The monoisotopic (exact) mass is 387 g/mol. The summed E-state index contributed by atoms with van der Waals surface area (Å²) >= 11 is 1.41. The van der Waals surface area contributed by atoms with Crippen molar-refractivity contribution >= 4 is 33.8 Å². The Bertz CT molecular complexity index is 996. The van der Waals surface area contributed by atoms with Crippen LogP contribution in [0.15, 0.2) is 18.2 Å². The van der Waals surface area contributed by atoms with Gasteiger partial charge in [-0.25, -0.2) is 8.78 Å². The van der Waals surface area contributed by atoms with Crippen LogP contribution >= 0.6 is 11.3 Å². The maximum absolute atomic E-state index is 14.0. The van der Waals surface area contributed by atoms with Gasteiger partial charge in [0.1, 0.15) is 22.7 Å². The average Bonchev–Trinajstić information content (AvgIpc) is 3.29. The molecule has 1 saturated heterocycles. The first kappa shape index (κ1) is 17.6. The van der Waals surface area contributed by atoms with E-state index in [1.807, 2.05) is 0 Å². The summed E-state index contributed by atoms with van der Waals surface area (Å²) in [6.07, 6.45) is 2.70. The van der Waals surface area contributed by atoms with Gasteiger partial charge in [0.15, 0.2) is 0 Å². The maximum atomic E-state index is 14.0. The van der Waals surface area contributed by atoms with E-state index in [1.165, 1.54) is 22.3 Å². The summed E-state index contributed by atoms with van der Waals surface area (Å²) in [5.41, 5.74) is 1.48. The predicted octanol–water partition coefficient (Wildman–Crippen LogP) is 3.38. The quantitative estimate of drug-likeness (QED) is 0.878. The van der Waals surface area contributed by atoms with E-state index in [4.69, 9.17) is 0 Å². The fourth-order valence-electron chi connectivity index (χ4n) is 3.64. The summed E-state index contributed by atoms with van der Waals surface area (Å²) in [6.45, 7) is 0.0141. The van der Waals surface area contributed by atoms with Crippen molar-refractivity contribution in [3.05, 3.63) is 45.8 Å². The standard InChI is InChI=1S/C19H15F2N3O2S/c20-11-4-5-15(14(21)7-11)24-9-10(6-17(24)25)18(26)23-19-13(8-22)12-2-1-3-16(12)27-19/h4-5,7,10H,1-3,6,9H2,(H,23,26)/t10-/m1/s1. The largest absolute Gasteiger partial charge is 0.316 e. The number of rotatable bonds is 3. The molecule has 1 fully saturated rings. The second kappa shape index (κ2) is 6.74. The zero-order valence-electron chi connectivity index (χ0n) is 14.2. The smallest absolute Gasteiger partial charge is 0.230 e. The molecule has 1 aromatic carbocycles. The highest BCUT2D eigenvalue weighted by atomic mass is 32.1. The summed E-state index contributed by atoms with van der Waals surface area (Å²) in [5.74, 6) is -3.00. The van der Waals surface area contributed by atoms with Gasteiger partial charge in [0.05, 0.1) is 17.2 Å². The first-order valence-electron chi connectivity index (χ1n) is 8.59. The summed E-state index contributed by atoms with van der Waals surface area (Å²) in [6, 6.07) is 5.14. The van der Waals surface area contributed by atoms with Gasteiger partial charge in [-0.05, 0) is 37.0 Å². The van der Waals surface area contributed by atoms with E-state index in [0.717, 1.165) is 35.8 Å². The normalized spacial score (nSPS) is 18.5. The number of nitriles is 1. The number of halogens is 2. The lowest BCUT2D eigenvalue weighted by molar-refractivity contribution is -0.122. The molecule has 1 aliphatic carbocycles. The average molecular weight is 387 g/mol. The number of amides is 2. The number of anilines is 2. The Morgan fingerprint density at radius 1 is 1.33 bits per heavy atom. The molecule has 2 aliphatic rings. The van der Waals surface area contributed by atoms with Crippen LogP contribution in [0.4, 0.5) is 19.5 Å². The molecule has 0 spiro atoms. The third-order valence-electron chi connectivity index (χ3n) is 4.97. The molecule has 5 nitrogen and oxygen atoms in total. The van der Waals surface area contributed by atoms with Gasteiger partial charge < -0.3 is 10.2 Å². The van der Waals surface area contributed by atoms with Crippen LogP contribution in [0.3, 0.4) is 0 Å². The molecule has 2 amide bonds. The number of aryl methyl sites for hydroxylation is 1. The Morgan fingerprint density at radius 3 is 2.89 bits per heavy atom. The van der Waals surface area contributed by atoms with E-state index >= 15 is 0 Å². The topological polar surface area (TPSA) is 73.2 Å². The molecule has 1 aliphatic heterocycles. The molecule has 4 rings (SSSR count). The second-order valence-electron chi connectivity index (χ2n) is 6.66. The lowest BCUT2D eigenvalue weighted by Crippen LogP contribution is -2.28. The van der Waals surface area contributed by atoms with Gasteiger partial charge in [-0.1, -0.05) is 0 Å². The summed E-state index contributed by atoms with van der Waals surface area (Å²) in [4.78, 5) is 27.2. The van der Waals surface area contributed by atoms with Gasteiger partial charge in [0.2, 0.25) is 11.8 Å². The molecule has 0 radical (unpaired) electrons. The zero-order valence-corrected chi connectivity index (χ0v) is 15.0. The highest BCUT2D eigenvalue weighted by Gasteiger charge is 2.37. The molecular formula is C19H15F2N3O2S. The van der Waals surface area contributed by atoms with Crippen molar-refractivity contribution in [3.63, 3.8) is 0 Å². The minimum atomic E-state index is -0.842. The molecule has 1 aromatic heterocycles. The van der Waals surface area contributed by atoms with Crippen LogP contribution in [-0.4, -0.2) is 18.4 Å². The zero-order chi connectivity index (χ0) is 19.1. The van der Waals surface area contributed by atoms with E-state index < -0.39 is 23.5 Å². The number of nitrogens with one attached hydrogen (secondary N) is 1. The SMILES string of the molecule is N#Cc1c(NC(=O)[C@@H]2CC(=O)N(c3ccc(F)cc3F)C2)sc2c1CCC2. The van der Waals surface area contributed by atoms with Crippen LogP contribution in [-0.2, 0) is 22.4 Å². The number of carbonyl (C=O) groups is 2. The molecule has 1 atom stereocenters. The Kier molecular flexibility index (Phi) is 4.40. The number of hydrogen-bond acceptors (Lipinski definition) is 4. The molecule has 138 valence electrons. The van der Waals surface area contributed by atoms with Crippen LogP contribution in [0.25, 0.3) is 0 Å². The highest BCUT2D eigenvalue weighted by Crippen LogP contribution is 2.39. The van der Waals surface area contributed by atoms with Crippen molar-refractivity contribution in [1.29, 1.82) is 5.26 Å². The molecule has 1 N–H and O–H groups in total. The van der Waals surface area contributed by atoms with Gasteiger partial charge in [0.25, 0.3) is 0 Å². The van der Waals surface area contributed by atoms with E-state index in [1.54, 1.807) is 0 Å². The van der Waals surface area contributed by atoms with Gasteiger partial charge in [0, 0.05) is 23.9 Å². The highest BCUT2D eigenvalue weighted by molar-refractivity contribution is 7.16. The van der Waals surface area contributed by atoms with Gasteiger partial charge >= 0.3 is 0 Å². The van der Waals surface area contributed by atoms with Crippen LogP contribution < -0.4 is 10.2 Å². The lowest BCUT2D eigenvalue weighted by Gasteiger charge is -2.17. The summed E-state index contributed by atoms with van der Waals surface area (Å²) < 4.78 is 27.1. The van der Waals surface area contributed by atoms with Crippen molar-refractivity contribution in [2.75, 3.05) is 16.8 Å². The fraction of sp³-hybridized carbons (Fsp3) is 0.316. The Morgan fingerprint density at radius 2 is 2.15 bits per heavy atom. The van der Waals surface area contributed by atoms with Crippen LogP contribution in [0.5, 0.6) is 0 Å². The van der Waals surface area contributed by atoms with E-state index in [2.05, 4.69) is 11.4 Å². The van der Waals surface area contributed by atoms with Crippen LogP contribution in [0.2, 0.25) is 0 Å². The number of nitrogens with zero attached hydrogens (tertiary/aromatic N) is 2. The maximum Gasteiger partial charge on any atom is 0.230 e. The van der Waals surface area contributed by atoms with E-state index in [0.29, 0.717) is 16.6 Å². The minimum Gasteiger partial charge on any atom is -0.316 e. The first-order chi connectivity index (χ1) is 13.0. The van der Waals surface area contributed by atoms with Crippen molar-refractivity contribution in [1.82, 2.24) is 0 Å². The van der Waals surface area contributed by atoms with Gasteiger partial charge in [-0.15, -0.1) is 11.3 Å². The summed E-state index contributed by atoms with van der Waals surface area (Å²) in [7, 11) is 0. The van der Waals surface area contributed by atoms with E-state index in [9.17, 15) is 23.6 Å². The van der Waals surface area contributed by atoms with Crippen molar-refractivity contribution in [2.45, 2.75) is 25.7 Å². The number of hydrogen-bond donors (Lipinski definition) is 1. The number of fused-ring (bicyclic) bond motifs is 1. The number of carbonyl (C=O) groups excluding carboxylic acids is 2. The number of benzene rings is 1. The van der Waals surface area contributed by atoms with Crippen LogP contribution in [0.1, 0.15) is 28.8 Å². The Hall–Kier alpha value is -2.79.